The number of anilines is 2. The van der Waals surface area contributed by atoms with E-state index in [1.54, 1.807) is 4.90 Å². The Hall–Kier alpha value is -2.04. The van der Waals surface area contributed by atoms with E-state index in [1.807, 2.05) is 0 Å². The normalized spacial score (nSPS) is 24.4. The van der Waals surface area contributed by atoms with E-state index in [-0.39, 0.29) is 83.8 Å². The van der Waals surface area contributed by atoms with E-state index in [1.165, 1.54) is 4.90 Å². The molecule has 1 saturated heterocycles. The van der Waals surface area contributed by atoms with Gasteiger partial charge in [0.2, 0.25) is 0 Å². The number of benzene rings is 2. The van der Waals surface area contributed by atoms with Crippen molar-refractivity contribution >= 4 is 34.5 Å². The highest BCUT2D eigenvalue weighted by atomic mass is 35.5. The Kier molecular flexibility index (Phi) is 1.85. The molecule has 5 heteroatoms. The van der Waals surface area contributed by atoms with Crippen LogP contribution in [0.4, 0.5) is 17.1 Å². The minimum atomic E-state index is -2.26. The van der Waals surface area contributed by atoms with Crippen LogP contribution in [0, 0.1) is 0 Å². The summed E-state index contributed by atoms with van der Waals surface area (Å²) in [5.41, 5.74) is -0.119. The smallest absolute Gasteiger partial charge is 0.138 e. The summed E-state index contributed by atoms with van der Waals surface area (Å²) in [5.74, 6) is 0.120. The van der Waals surface area contributed by atoms with E-state index in [2.05, 4.69) is 10.3 Å². The summed E-state index contributed by atoms with van der Waals surface area (Å²) in [6.45, 7) is -1.51. The molecule has 4 nitrogen and oxygen atoms in total. The molecule has 1 N–H and O–H groups in total. The van der Waals surface area contributed by atoms with Crippen molar-refractivity contribution in [3.05, 3.63) is 52.9 Å². The quantitative estimate of drug-likeness (QED) is 0.795. The molecule has 2 aromatic rings. The number of piperazine rings is 1. The number of nitrogens with zero attached hydrogens (tertiary/aromatic N) is 3. The highest BCUT2D eigenvalue weighted by molar-refractivity contribution is 6.31. The third kappa shape index (κ3) is 2.80. The lowest BCUT2D eigenvalue weighted by Crippen LogP contribution is -2.47. The summed E-state index contributed by atoms with van der Waals surface area (Å²) >= 11 is 6.09. The van der Waals surface area contributed by atoms with Crippen LogP contribution in [-0.2, 0) is 0 Å². The zero-order chi connectivity index (χ0) is 24.4. The van der Waals surface area contributed by atoms with Crippen molar-refractivity contribution < 1.29 is 13.7 Å². The van der Waals surface area contributed by atoms with Gasteiger partial charge in [-0.05, 0) is 37.2 Å². The van der Waals surface area contributed by atoms with Crippen LogP contribution in [0.1, 0.15) is 19.3 Å². The van der Waals surface area contributed by atoms with Gasteiger partial charge in [-0.15, -0.1) is 0 Å². The summed E-state index contributed by atoms with van der Waals surface area (Å²) in [6, 6.07) is -2.79. The molecule has 0 bridgehead atoms. The molecule has 2 aromatic carbocycles. The molecule has 4 rings (SSSR count). The van der Waals surface area contributed by atoms with Crippen LogP contribution >= 0.6 is 11.6 Å². The molecule has 2 heterocycles. The number of hydrogen-bond acceptors (Lipinski definition) is 4. The number of amidine groups is 1. The molecule has 23 heavy (non-hydrogen) atoms. The molecule has 0 atom stereocenters. The number of hydrogen-bond donors (Lipinski definition) is 1. The van der Waals surface area contributed by atoms with Gasteiger partial charge in [-0.3, -0.25) is 0 Å². The fourth-order valence-corrected chi connectivity index (χ4v) is 2.69. The van der Waals surface area contributed by atoms with Gasteiger partial charge in [-0.25, -0.2) is 4.99 Å². The first-order valence-electron chi connectivity index (χ1n) is 12.1. The molecule has 1 fully saturated rings. The largest absolute Gasteiger partial charge is 0.353 e. The molecule has 2 aliphatic rings. The highest BCUT2D eigenvalue weighted by Crippen LogP contribution is 2.36. The number of rotatable bonds is 0. The summed E-state index contributed by atoms with van der Waals surface area (Å²) in [6.07, 6.45) is 0. The SMILES string of the molecule is [2H]c1c([2H])c([2H])c2c(c1[2H])Nc1c([2H])c([2H])c(Cl)c([2H])c1N=C2N1CCN(C([2H])([2H])[2H])CC1. The molecule has 0 unspecified atom stereocenters. The molecule has 0 radical (unpaired) electrons. The first-order chi connectivity index (χ1) is 15.3. The van der Waals surface area contributed by atoms with Crippen molar-refractivity contribution in [2.45, 2.75) is 0 Å². The molecular formula is C18H19ClN4. The van der Waals surface area contributed by atoms with Crippen LogP contribution in [-0.4, -0.2) is 48.8 Å². The topological polar surface area (TPSA) is 30.9 Å². The first-order valence-corrected chi connectivity index (χ1v) is 7.48. The van der Waals surface area contributed by atoms with Crippen molar-refractivity contribution in [1.82, 2.24) is 9.80 Å². The molecular weight excluding hydrogens is 308 g/mol. The number of halogens is 1. The van der Waals surface area contributed by atoms with Crippen LogP contribution < -0.4 is 5.32 Å². The monoisotopic (exact) mass is 336 g/mol. The number of nitrogens with one attached hydrogen (secondary N) is 1. The summed E-state index contributed by atoms with van der Waals surface area (Å²) < 4.78 is 80.6. The predicted molar refractivity (Wildman–Crippen MR) is 96.4 cm³/mol. The summed E-state index contributed by atoms with van der Waals surface area (Å²) in [4.78, 5) is 7.55. The van der Waals surface area contributed by atoms with Gasteiger partial charge in [0.05, 0.1) is 21.0 Å². The zero-order valence-electron chi connectivity index (χ0n) is 22.0. The van der Waals surface area contributed by atoms with Gasteiger partial charge in [0.1, 0.15) is 5.84 Å². The lowest BCUT2D eigenvalue weighted by Gasteiger charge is -2.34. The Morgan fingerprint density at radius 3 is 2.78 bits per heavy atom. The Balaban J connectivity index is 1.96. The van der Waals surface area contributed by atoms with Gasteiger partial charge in [-0.2, -0.15) is 0 Å². The Labute approximate surface area is 155 Å². The fourth-order valence-electron chi connectivity index (χ4n) is 2.56. The van der Waals surface area contributed by atoms with Crippen molar-refractivity contribution in [2.75, 3.05) is 38.5 Å². The van der Waals surface area contributed by atoms with Crippen molar-refractivity contribution in [3.63, 3.8) is 0 Å². The van der Waals surface area contributed by atoms with E-state index in [9.17, 15) is 0 Å². The summed E-state index contributed by atoms with van der Waals surface area (Å²) in [7, 11) is 0. The van der Waals surface area contributed by atoms with E-state index < -0.39 is 25.1 Å². The Morgan fingerprint density at radius 1 is 1.13 bits per heavy atom. The van der Waals surface area contributed by atoms with E-state index in [0.717, 1.165) is 0 Å². The zero-order valence-corrected chi connectivity index (χ0v) is 12.8. The van der Waals surface area contributed by atoms with Crippen LogP contribution in [0.25, 0.3) is 0 Å². The second kappa shape index (κ2) is 5.87. The number of aliphatic imine (C=N–C) groups is 1. The predicted octanol–water partition coefficient (Wildman–Crippen LogP) is 3.72. The molecule has 0 saturated carbocycles. The van der Waals surface area contributed by atoms with Crippen molar-refractivity contribution in [1.29, 1.82) is 0 Å². The standard InChI is InChI=1S/C18H19ClN4/c1-22-8-10-23(11-9-22)18-14-4-2-3-5-15(14)20-16-7-6-13(19)12-17(16)21-18/h2-7,12,20H,8-11H2,1H3/i1D3,2D,3D,4D,5D,6D,7D,12D. The number of likely N-dealkylation sites (N-methyl/N-ethyl adjacent to an activating group) is 1. The van der Waals surface area contributed by atoms with Gasteiger partial charge < -0.3 is 15.1 Å². The first kappa shape index (κ1) is 7.24. The second-order valence-electron chi connectivity index (χ2n) is 5.20. The van der Waals surface area contributed by atoms with Gasteiger partial charge in [-0.1, -0.05) is 23.7 Å². The minimum absolute atomic E-state index is 0.0358. The summed E-state index contributed by atoms with van der Waals surface area (Å²) in [5, 5.41) is 2.54. The lowest BCUT2D eigenvalue weighted by atomic mass is 10.1. The minimum Gasteiger partial charge on any atom is -0.353 e. The van der Waals surface area contributed by atoms with Crippen LogP contribution in [0.5, 0.6) is 0 Å². The van der Waals surface area contributed by atoms with Gasteiger partial charge in [0, 0.05) is 46.6 Å². The average molecular weight is 337 g/mol. The third-order valence-corrected chi connectivity index (χ3v) is 3.91. The van der Waals surface area contributed by atoms with E-state index in [4.69, 9.17) is 25.3 Å². The van der Waals surface area contributed by atoms with Crippen LogP contribution in [0.15, 0.2) is 47.3 Å². The van der Waals surface area contributed by atoms with Crippen molar-refractivity contribution in [2.24, 2.45) is 4.99 Å². The Bertz CT molecular complexity index is 1190. The highest BCUT2D eigenvalue weighted by Gasteiger charge is 2.23. The van der Waals surface area contributed by atoms with E-state index in [0.29, 0.717) is 0 Å². The molecule has 0 aromatic heterocycles. The molecule has 0 amide bonds. The Morgan fingerprint density at radius 2 is 1.96 bits per heavy atom. The van der Waals surface area contributed by atoms with Crippen molar-refractivity contribution in [3.8, 4) is 0 Å². The van der Waals surface area contributed by atoms with Crippen LogP contribution in [0.2, 0.25) is 5.02 Å². The average Bonchev–Trinajstić information content (AvgIpc) is 2.96. The molecule has 2 aliphatic heterocycles. The van der Waals surface area contributed by atoms with Gasteiger partial charge >= 0.3 is 0 Å². The molecule has 0 aliphatic carbocycles. The number of fused-ring (bicyclic) bond motifs is 2. The number of para-hydroxylation sites is 1. The molecule has 0 spiro atoms. The lowest BCUT2D eigenvalue weighted by molar-refractivity contribution is 0.216. The fraction of sp³-hybridized carbons (Fsp3) is 0.278. The van der Waals surface area contributed by atoms with Crippen LogP contribution in [0.3, 0.4) is 0 Å². The maximum atomic E-state index is 8.50. The van der Waals surface area contributed by atoms with Gasteiger partial charge in [0.25, 0.3) is 0 Å². The molecule has 118 valence electrons. The maximum absolute atomic E-state index is 8.50. The third-order valence-electron chi connectivity index (χ3n) is 3.72. The van der Waals surface area contributed by atoms with E-state index >= 15 is 0 Å². The van der Waals surface area contributed by atoms with Gasteiger partial charge in [0.15, 0.2) is 0 Å². The maximum Gasteiger partial charge on any atom is 0.138 e. The second-order valence-corrected chi connectivity index (χ2v) is 5.58.